The Bertz CT molecular complexity index is 347. The first kappa shape index (κ1) is 14.9. The Kier molecular flexibility index (Phi) is 6.66. The van der Waals surface area contributed by atoms with Gasteiger partial charge in [0.1, 0.15) is 0 Å². The monoisotopic (exact) mass is 247 g/mol. The molecule has 0 bridgehead atoms. The van der Waals surface area contributed by atoms with E-state index in [0.29, 0.717) is 0 Å². The Morgan fingerprint density at radius 1 is 1.22 bits per heavy atom. The van der Waals surface area contributed by atoms with Crippen molar-refractivity contribution in [2.45, 2.75) is 33.6 Å². The number of carbonyl (C=O) groups is 1. The predicted octanol–water partition coefficient (Wildman–Crippen LogP) is 3.63. The number of benzene rings is 1. The van der Waals surface area contributed by atoms with Crippen LogP contribution in [0.2, 0.25) is 0 Å². The Labute approximate surface area is 111 Å². The molecular formula is C16H25NO. The Morgan fingerprint density at radius 2 is 1.89 bits per heavy atom. The smallest absolute Gasteiger partial charge is 0.166 e. The fourth-order valence-corrected chi connectivity index (χ4v) is 2.12. The van der Waals surface area contributed by atoms with Gasteiger partial charge < -0.3 is 4.90 Å². The lowest BCUT2D eigenvalue weighted by Gasteiger charge is -2.23. The number of ketones is 1. The van der Waals surface area contributed by atoms with Crippen LogP contribution in [0.4, 0.5) is 0 Å². The van der Waals surface area contributed by atoms with Gasteiger partial charge in [0.15, 0.2) is 5.78 Å². The first-order chi connectivity index (χ1) is 8.69. The molecule has 2 heteroatoms. The van der Waals surface area contributed by atoms with Gasteiger partial charge in [-0.1, -0.05) is 57.5 Å². The molecule has 0 heterocycles. The molecule has 0 aromatic heterocycles. The lowest BCUT2D eigenvalue weighted by atomic mass is 9.99. The number of carbonyl (C=O) groups excluding carboxylic acids is 1. The molecule has 1 aromatic carbocycles. The van der Waals surface area contributed by atoms with Crippen molar-refractivity contribution < 1.29 is 4.79 Å². The highest BCUT2D eigenvalue weighted by Gasteiger charge is 2.17. The fraction of sp³-hybridized carbons (Fsp3) is 0.562. The normalized spacial score (nSPS) is 12.7. The van der Waals surface area contributed by atoms with E-state index in [1.807, 2.05) is 37.3 Å². The van der Waals surface area contributed by atoms with Crippen molar-refractivity contribution in [3.8, 4) is 0 Å². The lowest BCUT2D eigenvalue weighted by Crippen LogP contribution is -2.32. The third-order valence-corrected chi connectivity index (χ3v) is 3.31. The van der Waals surface area contributed by atoms with Crippen molar-refractivity contribution >= 4 is 5.78 Å². The van der Waals surface area contributed by atoms with E-state index in [1.54, 1.807) is 0 Å². The molecule has 0 saturated carbocycles. The van der Waals surface area contributed by atoms with Gasteiger partial charge in [-0.15, -0.1) is 0 Å². The van der Waals surface area contributed by atoms with Gasteiger partial charge in [0.25, 0.3) is 0 Å². The van der Waals surface area contributed by atoms with Crippen LogP contribution in [0, 0.1) is 5.92 Å². The summed E-state index contributed by atoms with van der Waals surface area (Å²) in [6.07, 6.45) is 2.41. The highest BCUT2D eigenvalue weighted by Crippen LogP contribution is 2.10. The van der Waals surface area contributed by atoms with Crippen LogP contribution < -0.4 is 0 Å². The molecule has 0 aliphatic heterocycles. The molecule has 0 fully saturated rings. The van der Waals surface area contributed by atoms with Crippen LogP contribution in [0.15, 0.2) is 30.3 Å². The minimum atomic E-state index is 0.0733. The van der Waals surface area contributed by atoms with Crippen molar-refractivity contribution in [1.82, 2.24) is 4.90 Å². The van der Waals surface area contributed by atoms with Crippen molar-refractivity contribution in [1.29, 1.82) is 0 Å². The maximum absolute atomic E-state index is 12.2. The van der Waals surface area contributed by atoms with Crippen LogP contribution in [0.3, 0.4) is 0 Å². The quantitative estimate of drug-likeness (QED) is 0.654. The molecule has 2 nitrogen and oxygen atoms in total. The second-order valence-corrected chi connectivity index (χ2v) is 4.88. The third kappa shape index (κ3) is 4.61. The Morgan fingerprint density at radius 3 is 2.44 bits per heavy atom. The number of hydrogen-bond donors (Lipinski definition) is 0. The van der Waals surface area contributed by atoms with E-state index in [2.05, 4.69) is 18.7 Å². The zero-order chi connectivity index (χ0) is 13.4. The number of rotatable bonds is 8. The van der Waals surface area contributed by atoms with E-state index >= 15 is 0 Å². The second kappa shape index (κ2) is 8.04. The van der Waals surface area contributed by atoms with E-state index in [1.165, 1.54) is 12.8 Å². The summed E-state index contributed by atoms with van der Waals surface area (Å²) in [5, 5.41) is 0. The number of Topliss-reactive ketones (excluding diaryl/α,β-unsaturated/α-hetero) is 1. The molecule has 0 amide bonds. The SMILES string of the molecule is CCCCN(CC)CC(C)C(=O)c1ccccc1. The lowest BCUT2D eigenvalue weighted by molar-refractivity contribution is 0.0895. The molecule has 1 unspecified atom stereocenters. The molecule has 1 aromatic rings. The summed E-state index contributed by atoms with van der Waals surface area (Å²) in [6.45, 7) is 9.38. The third-order valence-electron chi connectivity index (χ3n) is 3.31. The van der Waals surface area contributed by atoms with Crippen LogP contribution >= 0.6 is 0 Å². The van der Waals surface area contributed by atoms with Crippen LogP contribution in [-0.4, -0.2) is 30.3 Å². The molecule has 18 heavy (non-hydrogen) atoms. The summed E-state index contributed by atoms with van der Waals surface area (Å²) in [4.78, 5) is 14.6. The molecular weight excluding hydrogens is 222 g/mol. The van der Waals surface area contributed by atoms with Gasteiger partial charge in [0.2, 0.25) is 0 Å². The maximum Gasteiger partial charge on any atom is 0.166 e. The van der Waals surface area contributed by atoms with Gasteiger partial charge in [-0.05, 0) is 19.5 Å². The van der Waals surface area contributed by atoms with E-state index in [-0.39, 0.29) is 11.7 Å². The van der Waals surface area contributed by atoms with Gasteiger partial charge in [0.05, 0.1) is 0 Å². The van der Waals surface area contributed by atoms with Gasteiger partial charge in [-0.3, -0.25) is 4.79 Å². The Hall–Kier alpha value is -1.15. The molecule has 1 rings (SSSR count). The molecule has 0 saturated heterocycles. The average Bonchev–Trinajstić information content (AvgIpc) is 2.43. The van der Waals surface area contributed by atoms with E-state index in [4.69, 9.17) is 0 Å². The zero-order valence-corrected chi connectivity index (χ0v) is 11.9. The van der Waals surface area contributed by atoms with Gasteiger partial charge in [-0.2, -0.15) is 0 Å². The Balaban J connectivity index is 2.53. The summed E-state index contributed by atoms with van der Waals surface area (Å²) in [5.41, 5.74) is 0.830. The number of hydrogen-bond acceptors (Lipinski definition) is 2. The largest absolute Gasteiger partial charge is 0.303 e. The number of nitrogens with zero attached hydrogens (tertiary/aromatic N) is 1. The van der Waals surface area contributed by atoms with E-state index < -0.39 is 0 Å². The van der Waals surface area contributed by atoms with E-state index in [9.17, 15) is 4.79 Å². The van der Waals surface area contributed by atoms with Gasteiger partial charge >= 0.3 is 0 Å². The summed E-state index contributed by atoms with van der Waals surface area (Å²) >= 11 is 0. The average molecular weight is 247 g/mol. The maximum atomic E-state index is 12.2. The standard InChI is InChI=1S/C16H25NO/c1-4-6-12-17(5-2)13-14(3)16(18)15-10-8-7-9-11-15/h7-11,14H,4-6,12-13H2,1-3H3. The summed E-state index contributed by atoms with van der Waals surface area (Å²) in [5.74, 6) is 0.328. The second-order valence-electron chi connectivity index (χ2n) is 4.88. The van der Waals surface area contributed by atoms with Crippen LogP contribution in [-0.2, 0) is 0 Å². The fourth-order valence-electron chi connectivity index (χ4n) is 2.12. The molecule has 1 atom stereocenters. The highest BCUT2D eigenvalue weighted by atomic mass is 16.1. The van der Waals surface area contributed by atoms with Crippen LogP contribution in [0.1, 0.15) is 44.0 Å². The predicted molar refractivity (Wildman–Crippen MR) is 77.0 cm³/mol. The molecule has 0 aliphatic carbocycles. The minimum absolute atomic E-state index is 0.0733. The first-order valence-electron chi connectivity index (χ1n) is 7.00. The highest BCUT2D eigenvalue weighted by molar-refractivity contribution is 5.97. The topological polar surface area (TPSA) is 20.3 Å². The number of unbranched alkanes of at least 4 members (excludes halogenated alkanes) is 1. The van der Waals surface area contributed by atoms with Crippen molar-refractivity contribution in [2.75, 3.05) is 19.6 Å². The molecule has 0 aliphatic rings. The summed E-state index contributed by atoms with van der Waals surface area (Å²) < 4.78 is 0. The van der Waals surface area contributed by atoms with Crippen molar-refractivity contribution in [3.63, 3.8) is 0 Å². The van der Waals surface area contributed by atoms with E-state index in [0.717, 1.165) is 25.2 Å². The van der Waals surface area contributed by atoms with Gasteiger partial charge in [0, 0.05) is 18.0 Å². The summed E-state index contributed by atoms with van der Waals surface area (Å²) in [6, 6.07) is 9.60. The molecule has 0 N–H and O–H groups in total. The first-order valence-corrected chi connectivity index (χ1v) is 7.00. The van der Waals surface area contributed by atoms with Crippen LogP contribution in [0.25, 0.3) is 0 Å². The van der Waals surface area contributed by atoms with Crippen molar-refractivity contribution in [2.24, 2.45) is 5.92 Å². The molecule has 0 radical (unpaired) electrons. The summed E-state index contributed by atoms with van der Waals surface area (Å²) in [7, 11) is 0. The zero-order valence-electron chi connectivity index (χ0n) is 11.9. The molecule has 100 valence electrons. The van der Waals surface area contributed by atoms with Crippen molar-refractivity contribution in [3.05, 3.63) is 35.9 Å². The van der Waals surface area contributed by atoms with Crippen LogP contribution in [0.5, 0.6) is 0 Å². The molecule has 0 spiro atoms. The van der Waals surface area contributed by atoms with Gasteiger partial charge in [-0.25, -0.2) is 0 Å². The minimum Gasteiger partial charge on any atom is -0.303 e.